The molecule has 1 unspecified atom stereocenters. The molecule has 3 N–H and O–H groups in total. The third-order valence-electron chi connectivity index (χ3n) is 2.86. The van der Waals surface area contributed by atoms with Gasteiger partial charge in [-0.1, -0.05) is 0 Å². The van der Waals surface area contributed by atoms with E-state index in [-0.39, 0.29) is 12.5 Å². The number of ether oxygens (including phenoxy) is 1. The van der Waals surface area contributed by atoms with Gasteiger partial charge in [-0.15, -0.1) is 0 Å². The molecule has 0 bridgehead atoms. The molecule has 0 aliphatic carbocycles. The predicted octanol–water partition coefficient (Wildman–Crippen LogP) is 1.52. The van der Waals surface area contributed by atoms with Crippen molar-refractivity contribution in [3.8, 4) is 5.75 Å². The van der Waals surface area contributed by atoms with Crippen molar-refractivity contribution < 1.29 is 9.53 Å². The molecule has 1 aliphatic heterocycles. The molecule has 1 aromatic carbocycles. The molecule has 0 aromatic heterocycles. The summed E-state index contributed by atoms with van der Waals surface area (Å²) in [6, 6.07) is 7.03. The maximum Gasteiger partial charge on any atom is 0.257 e. The van der Waals surface area contributed by atoms with Crippen LogP contribution in [0.25, 0.3) is 0 Å². The van der Waals surface area contributed by atoms with E-state index in [1.807, 2.05) is 11.8 Å². The van der Waals surface area contributed by atoms with Gasteiger partial charge in [0, 0.05) is 12.2 Å². The molecule has 1 aromatic rings. The molecular formula is C13H18N2O2S. The lowest BCUT2D eigenvalue weighted by Crippen LogP contribution is -2.33. The van der Waals surface area contributed by atoms with E-state index in [0.29, 0.717) is 17.4 Å². The van der Waals surface area contributed by atoms with E-state index in [2.05, 4.69) is 5.32 Å². The Bertz CT molecular complexity index is 388. The average molecular weight is 266 g/mol. The van der Waals surface area contributed by atoms with Crippen LogP contribution in [0.5, 0.6) is 5.75 Å². The lowest BCUT2D eigenvalue weighted by Gasteiger charge is -2.10. The summed E-state index contributed by atoms with van der Waals surface area (Å²) in [7, 11) is 0. The van der Waals surface area contributed by atoms with Crippen molar-refractivity contribution in [2.45, 2.75) is 6.42 Å². The Morgan fingerprint density at radius 1 is 1.44 bits per heavy atom. The van der Waals surface area contributed by atoms with E-state index in [0.717, 1.165) is 12.3 Å². The molecule has 0 radical (unpaired) electrons. The summed E-state index contributed by atoms with van der Waals surface area (Å²) in [6.45, 7) is 0.820. The largest absolute Gasteiger partial charge is 0.484 e. The highest BCUT2D eigenvalue weighted by Gasteiger charge is 2.16. The second-order valence-electron chi connectivity index (χ2n) is 4.39. The van der Waals surface area contributed by atoms with Gasteiger partial charge in [-0.2, -0.15) is 11.8 Å². The highest BCUT2D eigenvalue weighted by Crippen LogP contribution is 2.22. The number of nitrogens with two attached hydrogens (primary N) is 1. The molecule has 98 valence electrons. The maximum absolute atomic E-state index is 11.6. The minimum absolute atomic E-state index is 0.0593. The number of nitrogens with one attached hydrogen (secondary N) is 1. The van der Waals surface area contributed by atoms with Crippen LogP contribution in [-0.4, -0.2) is 30.6 Å². The van der Waals surface area contributed by atoms with E-state index < -0.39 is 0 Å². The monoisotopic (exact) mass is 266 g/mol. The van der Waals surface area contributed by atoms with E-state index >= 15 is 0 Å². The average Bonchev–Trinajstić information content (AvgIpc) is 2.89. The summed E-state index contributed by atoms with van der Waals surface area (Å²) in [4.78, 5) is 11.6. The van der Waals surface area contributed by atoms with Crippen molar-refractivity contribution in [2.75, 3.05) is 30.4 Å². The summed E-state index contributed by atoms with van der Waals surface area (Å²) in [5, 5.41) is 2.90. The normalized spacial score (nSPS) is 18.6. The molecule has 5 heteroatoms. The molecule has 1 heterocycles. The fourth-order valence-electron chi connectivity index (χ4n) is 1.77. The van der Waals surface area contributed by atoms with Crippen molar-refractivity contribution in [1.29, 1.82) is 0 Å². The van der Waals surface area contributed by atoms with Crippen molar-refractivity contribution >= 4 is 23.4 Å². The van der Waals surface area contributed by atoms with Crippen molar-refractivity contribution in [3.05, 3.63) is 24.3 Å². The molecule has 2 rings (SSSR count). The molecule has 1 saturated heterocycles. The number of carbonyl (C=O) groups is 1. The van der Waals surface area contributed by atoms with Crippen LogP contribution in [-0.2, 0) is 4.79 Å². The van der Waals surface area contributed by atoms with Gasteiger partial charge < -0.3 is 15.8 Å². The van der Waals surface area contributed by atoms with Crippen molar-refractivity contribution in [2.24, 2.45) is 5.92 Å². The third-order valence-corrected chi connectivity index (χ3v) is 4.09. The molecule has 18 heavy (non-hydrogen) atoms. The molecule has 1 amide bonds. The Balaban J connectivity index is 1.66. The van der Waals surface area contributed by atoms with Gasteiger partial charge in [0.05, 0.1) is 0 Å². The van der Waals surface area contributed by atoms with Crippen LogP contribution in [0.15, 0.2) is 24.3 Å². The minimum Gasteiger partial charge on any atom is -0.484 e. The molecule has 1 fully saturated rings. The standard InChI is InChI=1S/C13H18N2O2S/c14-11-1-3-12(4-2-11)17-8-13(16)15-7-10-5-6-18-9-10/h1-4,10H,5-9,14H2,(H,15,16). The predicted molar refractivity (Wildman–Crippen MR) is 74.8 cm³/mol. The fraction of sp³-hybridized carbons (Fsp3) is 0.462. The number of nitrogen functional groups attached to an aromatic ring is 1. The second-order valence-corrected chi connectivity index (χ2v) is 5.54. The van der Waals surface area contributed by atoms with Gasteiger partial charge in [0.25, 0.3) is 5.91 Å². The lowest BCUT2D eigenvalue weighted by atomic mass is 10.1. The number of hydrogen-bond acceptors (Lipinski definition) is 4. The Kier molecular flexibility index (Phi) is 4.75. The first-order valence-corrected chi connectivity index (χ1v) is 7.22. The van der Waals surface area contributed by atoms with Crippen LogP contribution >= 0.6 is 11.8 Å². The van der Waals surface area contributed by atoms with Gasteiger partial charge in [0.2, 0.25) is 0 Å². The summed E-state index contributed by atoms with van der Waals surface area (Å²) in [6.07, 6.45) is 1.20. The van der Waals surface area contributed by atoms with Crippen LogP contribution in [0.4, 0.5) is 5.69 Å². The zero-order chi connectivity index (χ0) is 12.8. The smallest absolute Gasteiger partial charge is 0.257 e. The van der Waals surface area contributed by atoms with Gasteiger partial charge in [-0.3, -0.25) is 4.79 Å². The SMILES string of the molecule is Nc1ccc(OCC(=O)NCC2CCSC2)cc1. The van der Waals surface area contributed by atoms with Crippen molar-refractivity contribution in [1.82, 2.24) is 5.32 Å². The van der Waals surface area contributed by atoms with E-state index in [1.165, 1.54) is 12.2 Å². The number of anilines is 1. The number of hydrogen-bond donors (Lipinski definition) is 2. The Morgan fingerprint density at radius 2 is 2.22 bits per heavy atom. The van der Waals surface area contributed by atoms with E-state index in [9.17, 15) is 4.79 Å². The first kappa shape index (κ1) is 13.1. The Hall–Kier alpha value is -1.36. The Morgan fingerprint density at radius 3 is 2.89 bits per heavy atom. The topological polar surface area (TPSA) is 64.3 Å². The second kappa shape index (κ2) is 6.54. The van der Waals surface area contributed by atoms with Crippen LogP contribution in [0.2, 0.25) is 0 Å². The first-order valence-electron chi connectivity index (χ1n) is 6.07. The molecule has 1 atom stereocenters. The number of amides is 1. The molecule has 0 saturated carbocycles. The van der Waals surface area contributed by atoms with E-state index in [4.69, 9.17) is 10.5 Å². The lowest BCUT2D eigenvalue weighted by molar-refractivity contribution is -0.123. The quantitative estimate of drug-likeness (QED) is 0.793. The first-order chi connectivity index (χ1) is 8.74. The zero-order valence-corrected chi connectivity index (χ0v) is 11.0. The fourth-order valence-corrected chi connectivity index (χ4v) is 3.05. The molecular weight excluding hydrogens is 248 g/mol. The summed E-state index contributed by atoms with van der Waals surface area (Å²) >= 11 is 1.95. The zero-order valence-electron chi connectivity index (χ0n) is 10.2. The van der Waals surface area contributed by atoms with Crippen molar-refractivity contribution in [3.63, 3.8) is 0 Å². The van der Waals surface area contributed by atoms with Gasteiger partial charge in [0.1, 0.15) is 5.75 Å². The number of rotatable bonds is 5. The minimum atomic E-state index is -0.0660. The Labute approximate surface area is 111 Å². The van der Waals surface area contributed by atoms with Crippen LogP contribution < -0.4 is 15.8 Å². The highest BCUT2D eigenvalue weighted by atomic mass is 32.2. The number of benzene rings is 1. The van der Waals surface area contributed by atoms with Crippen LogP contribution in [0, 0.1) is 5.92 Å². The van der Waals surface area contributed by atoms with Gasteiger partial charge in [-0.05, 0) is 48.1 Å². The van der Waals surface area contributed by atoms with E-state index in [1.54, 1.807) is 24.3 Å². The molecule has 4 nitrogen and oxygen atoms in total. The highest BCUT2D eigenvalue weighted by molar-refractivity contribution is 7.99. The summed E-state index contributed by atoms with van der Waals surface area (Å²) in [5.41, 5.74) is 6.25. The number of carbonyl (C=O) groups excluding carboxylic acids is 1. The summed E-state index contributed by atoms with van der Waals surface area (Å²) in [5.74, 6) is 3.58. The summed E-state index contributed by atoms with van der Waals surface area (Å²) < 4.78 is 5.37. The van der Waals surface area contributed by atoms with Gasteiger partial charge in [-0.25, -0.2) is 0 Å². The molecule has 0 spiro atoms. The third kappa shape index (κ3) is 4.14. The van der Waals surface area contributed by atoms with Crippen LogP contribution in [0.1, 0.15) is 6.42 Å². The number of thioether (sulfide) groups is 1. The molecule has 1 aliphatic rings. The van der Waals surface area contributed by atoms with Gasteiger partial charge >= 0.3 is 0 Å². The van der Waals surface area contributed by atoms with Crippen LogP contribution in [0.3, 0.4) is 0 Å². The maximum atomic E-state index is 11.6. The van der Waals surface area contributed by atoms with Gasteiger partial charge in [0.15, 0.2) is 6.61 Å².